The van der Waals surface area contributed by atoms with Gasteiger partial charge in [0, 0.05) is 29.9 Å². The lowest BCUT2D eigenvalue weighted by Gasteiger charge is -2.50. The highest BCUT2D eigenvalue weighted by Crippen LogP contribution is 2.40. The van der Waals surface area contributed by atoms with Crippen LogP contribution in [0.15, 0.2) is 18.2 Å². The summed E-state index contributed by atoms with van der Waals surface area (Å²) < 4.78 is 38.2. The average Bonchev–Trinajstić information content (AvgIpc) is 2.26. The minimum atomic E-state index is -4.59. The first-order valence-electron chi connectivity index (χ1n) is 5.75. The van der Waals surface area contributed by atoms with E-state index in [1.165, 1.54) is 6.07 Å². The molecule has 1 aromatic rings. The molecule has 1 heterocycles. The molecule has 0 unspecified atom stereocenters. The molecule has 5 nitrogen and oxygen atoms in total. The predicted molar refractivity (Wildman–Crippen MR) is 69.2 cm³/mol. The topological polar surface area (TPSA) is 81.4 Å². The van der Waals surface area contributed by atoms with Crippen LogP contribution in [0.2, 0.25) is 0 Å². The summed E-state index contributed by atoms with van der Waals surface area (Å²) in [5.74, 6) is 0. The maximum atomic E-state index is 12.7. The van der Waals surface area contributed by atoms with Gasteiger partial charge in [-0.25, -0.2) is 0 Å². The van der Waals surface area contributed by atoms with Gasteiger partial charge in [0.2, 0.25) is 0 Å². The third kappa shape index (κ3) is 2.84. The number of benzene rings is 1. The fourth-order valence-corrected chi connectivity index (χ4v) is 2.17. The largest absolute Gasteiger partial charge is 0.416 e. The molecule has 2 rings (SSSR count). The minimum Gasteiger partial charge on any atom is -0.366 e. The van der Waals surface area contributed by atoms with E-state index in [9.17, 15) is 23.3 Å². The Balaban J connectivity index is 0.00000200. The number of anilines is 1. The molecule has 1 aliphatic heterocycles. The molecular weight excluding hydrogens is 275 g/mol. The highest BCUT2D eigenvalue weighted by molar-refractivity contribution is 5.59. The standard InChI is InChI=1S/C12H13F3N2O2.H3N/c1-11(2)3-4-16(11)9-5-8(12(13,14)15)6-10(7-9)17(18)19;/h5-7H,3-4H2,1-2H3;1H3. The van der Waals surface area contributed by atoms with Gasteiger partial charge in [-0.3, -0.25) is 10.1 Å². The van der Waals surface area contributed by atoms with Crippen molar-refractivity contribution in [1.29, 1.82) is 0 Å². The molecule has 3 N–H and O–H groups in total. The van der Waals surface area contributed by atoms with E-state index in [1.807, 2.05) is 13.8 Å². The lowest BCUT2D eigenvalue weighted by molar-refractivity contribution is -0.385. The molecule has 1 aromatic carbocycles. The van der Waals surface area contributed by atoms with Crippen LogP contribution in [0.4, 0.5) is 24.5 Å². The van der Waals surface area contributed by atoms with Gasteiger partial charge < -0.3 is 11.1 Å². The molecule has 0 atom stereocenters. The number of nitro groups is 1. The van der Waals surface area contributed by atoms with E-state index < -0.39 is 22.4 Å². The third-order valence-electron chi connectivity index (χ3n) is 3.43. The lowest BCUT2D eigenvalue weighted by atomic mass is 9.88. The SMILES string of the molecule is CC1(C)CCN1c1cc([N+](=O)[O-])cc(C(F)(F)F)c1.N. The molecule has 0 bridgehead atoms. The smallest absolute Gasteiger partial charge is 0.366 e. The zero-order chi connectivity index (χ0) is 14.4. The van der Waals surface area contributed by atoms with Crippen molar-refractivity contribution in [2.75, 3.05) is 11.4 Å². The number of rotatable bonds is 2. The Kier molecular flexibility index (Phi) is 4.00. The summed E-state index contributed by atoms with van der Waals surface area (Å²) in [4.78, 5) is 11.7. The summed E-state index contributed by atoms with van der Waals surface area (Å²) in [6.45, 7) is 4.39. The summed E-state index contributed by atoms with van der Waals surface area (Å²) in [5.41, 5.74) is -1.54. The zero-order valence-electron chi connectivity index (χ0n) is 11.2. The van der Waals surface area contributed by atoms with E-state index in [2.05, 4.69) is 0 Å². The molecule has 1 saturated heterocycles. The van der Waals surface area contributed by atoms with Crippen molar-refractivity contribution in [3.63, 3.8) is 0 Å². The maximum absolute atomic E-state index is 12.7. The fourth-order valence-electron chi connectivity index (χ4n) is 2.17. The fraction of sp³-hybridized carbons (Fsp3) is 0.500. The van der Waals surface area contributed by atoms with E-state index in [4.69, 9.17) is 0 Å². The summed E-state index contributed by atoms with van der Waals surface area (Å²) in [7, 11) is 0. The van der Waals surface area contributed by atoms with Crippen molar-refractivity contribution in [1.82, 2.24) is 6.15 Å². The molecule has 1 aliphatic rings. The molecule has 0 aliphatic carbocycles. The number of halogens is 3. The number of nitrogens with zero attached hydrogens (tertiary/aromatic N) is 2. The van der Waals surface area contributed by atoms with Crippen LogP contribution in [0.1, 0.15) is 25.8 Å². The van der Waals surface area contributed by atoms with Crippen molar-refractivity contribution >= 4 is 11.4 Å². The summed E-state index contributed by atoms with van der Waals surface area (Å²) in [5, 5.41) is 10.7. The van der Waals surface area contributed by atoms with Crippen LogP contribution in [-0.4, -0.2) is 17.0 Å². The van der Waals surface area contributed by atoms with Gasteiger partial charge in [0.25, 0.3) is 5.69 Å². The van der Waals surface area contributed by atoms with Gasteiger partial charge in [0.1, 0.15) is 0 Å². The zero-order valence-corrected chi connectivity index (χ0v) is 11.2. The second-order valence-corrected chi connectivity index (χ2v) is 5.21. The number of hydrogen-bond acceptors (Lipinski definition) is 4. The van der Waals surface area contributed by atoms with Crippen LogP contribution in [0.3, 0.4) is 0 Å². The molecule has 0 aromatic heterocycles. The Bertz CT molecular complexity index is 529. The van der Waals surface area contributed by atoms with E-state index in [0.29, 0.717) is 12.6 Å². The Labute approximate surface area is 114 Å². The first-order chi connectivity index (χ1) is 8.61. The Morgan fingerprint density at radius 1 is 1.30 bits per heavy atom. The van der Waals surface area contributed by atoms with E-state index in [1.54, 1.807) is 4.90 Å². The second-order valence-electron chi connectivity index (χ2n) is 5.21. The minimum absolute atomic E-state index is 0. The monoisotopic (exact) mass is 291 g/mol. The quantitative estimate of drug-likeness (QED) is 0.664. The van der Waals surface area contributed by atoms with Crippen molar-refractivity contribution in [2.24, 2.45) is 0 Å². The van der Waals surface area contributed by atoms with Crippen molar-refractivity contribution in [2.45, 2.75) is 32.0 Å². The second kappa shape index (κ2) is 4.93. The highest BCUT2D eigenvalue weighted by Gasteiger charge is 2.39. The van der Waals surface area contributed by atoms with Crippen molar-refractivity contribution < 1.29 is 18.1 Å². The van der Waals surface area contributed by atoms with Crippen LogP contribution in [0.25, 0.3) is 0 Å². The molecule has 112 valence electrons. The van der Waals surface area contributed by atoms with Crippen LogP contribution in [0.5, 0.6) is 0 Å². The first-order valence-corrected chi connectivity index (χ1v) is 5.75. The van der Waals surface area contributed by atoms with Crippen LogP contribution >= 0.6 is 0 Å². The Morgan fingerprint density at radius 2 is 1.90 bits per heavy atom. The molecule has 0 amide bonds. The summed E-state index contributed by atoms with van der Waals surface area (Å²) in [6.07, 6.45) is -3.74. The van der Waals surface area contributed by atoms with Crippen LogP contribution in [0, 0.1) is 10.1 Å². The van der Waals surface area contributed by atoms with E-state index in [-0.39, 0.29) is 17.4 Å². The van der Waals surface area contributed by atoms with Gasteiger partial charge in [-0.2, -0.15) is 13.2 Å². The van der Waals surface area contributed by atoms with E-state index in [0.717, 1.165) is 12.5 Å². The highest BCUT2D eigenvalue weighted by atomic mass is 19.4. The van der Waals surface area contributed by atoms with Gasteiger partial charge >= 0.3 is 6.18 Å². The lowest BCUT2D eigenvalue weighted by Crippen LogP contribution is -2.56. The van der Waals surface area contributed by atoms with Crippen molar-refractivity contribution in [3.05, 3.63) is 33.9 Å². The summed E-state index contributed by atoms with van der Waals surface area (Å²) >= 11 is 0. The van der Waals surface area contributed by atoms with Crippen LogP contribution in [-0.2, 0) is 6.18 Å². The number of non-ortho nitro benzene ring substituents is 1. The Morgan fingerprint density at radius 3 is 2.25 bits per heavy atom. The average molecular weight is 291 g/mol. The predicted octanol–water partition coefficient (Wildman–Crippen LogP) is 3.76. The molecule has 0 saturated carbocycles. The first kappa shape index (κ1) is 16.2. The molecule has 0 spiro atoms. The van der Waals surface area contributed by atoms with Gasteiger partial charge in [0.15, 0.2) is 0 Å². The maximum Gasteiger partial charge on any atom is 0.416 e. The van der Waals surface area contributed by atoms with Gasteiger partial charge in [0.05, 0.1) is 10.5 Å². The normalized spacial score (nSPS) is 17.1. The molecule has 0 radical (unpaired) electrons. The summed E-state index contributed by atoms with van der Waals surface area (Å²) in [6, 6.07) is 2.72. The molecule has 1 fully saturated rings. The van der Waals surface area contributed by atoms with Crippen LogP contribution < -0.4 is 11.1 Å². The Hall–Kier alpha value is -1.83. The van der Waals surface area contributed by atoms with Gasteiger partial charge in [-0.05, 0) is 26.3 Å². The van der Waals surface area contributed by atoms with Crippen molar-refractivity contribution in [3.8, 4) is 0 Å². The molecule has 20 heavy (non-hydrogen) atoms. The molecule has 8 heteroatoms. The number of alkyl halides is 3. The van der Waals surface area contributed by atoms with Gasteiger partial charge in [-0.15, -0.1) is 0 Å². The third-order valence-corrected chi connectivity index (χ3v) is 3.43. The molecular formula is C12H16F3N3O2. The van der Waals surface area contributed by atoms with E-state index >= 15 is 0 Å². The van der Waals surface area contributed by atoms with Gasteiger partial charge in [-0.1, -0.05) is 0 Å². The number of hydrogen-bond donors (Lipinski definition) is 1. The number of nitro benzene ring substituents is 1.